The zero-order chi connectivity index (χ0) is 13.2. The third kappa shape index (κ3) is 2.88. The highest BCUT2D eigenvalue weighted by atomic mass is 32.2. The summed E-state index contributed by atoms with van der Waals surface area (Å²) < 4.78 is 24.3. The Morgan fingerprint density at radius 3 is 3.06 bits per heavy atom. The Morgan fingerprint density at radius 2 is 2.44 bits per heavy atom. The summed E-state index contributed by atoms with van der Waals surface area (Å²) in [5.74, 6) is -0.257. The van der Waals surface area contributed by atoms with Crippen molar-refractivity contribution in [2.24, 2.45) is 0 Å². The van der Waals surface area contributed by atoms with E-state index in [9.17, 15) is 13.2 Å². The molecule has 1 aliphatic rings. The number of hydrogen-bond donors (Lipinski definition) is 2. The van der Waals surface area contributed by atoms with Crippen LogP contribution >= 0.6 is 0 Å². The van der Waals surface area contributed by atoms with E-state index < -0.39 is 16.1 Å². The van der Waals surface area contributed by atoms with E-state index in [2.05, 4.69) is 15.5 Å². The quantitative estimate of drug-likeness (QED) is 0.769. The zero-order valence-corrected chi connectivity index (χ0v) is 10.9. The number of aromatic nitrogens is 2. The Morgan fingerprint density at radius 1 is 1.67 bits per heavy atom. The minimum Gasteiger partial charge on any atom is -0.349 e. The Kier molecular flexibility index (Phi) is 3.67. The molecule has 18 heavy (non-hydrogen) atoms. The van der Waals surface area contributed by atoms with Crippen LogP contribution in [-0.4, -0.2) is 47.7 Å². The average molecular weight is 272 g/mol. The van der Waals surface area contributed by atoms with Crippen molar-refractivity contribution in [2.45, 2.75) is 25.4 Å². The van der Waals surface area contributed by atoms with E-state index in [-0.39, 0.29) is 5.91 Å². The number of H-pyrrole nitrogens is 1. The first kappa shape index (κ1) is 13.0. The molecule has 1 fully saturated rings. The van der Waals surface area contributed by atoms with E-state index in [0.717, 1.165) is 18.4 Å². The topological polar surface area (TPSA) is 95.2 Å². The number of carbonyl (C=O) groups excluding carboxylic acids is 1. The predicted molar refractivity (Wildman–Crippen MR) is 65.0 cm³/mol. The van der Waals surface area contributed by atoms with E-state index >= 15 is 0 Å². The van der Waals surface area contributed by atoms with Gasteiger partial charge in [-0.25, -0.2) is 8.42 Å². The van der Waals surface area contributed by atoms with Crippen LogP contribution in [0.1, 0.15) is 18.5 Å². The molecule has 2 N–H and O–H groups in total. The average Bonchev–Trinajstić information content (AvgIpc) is 2.95. The van der Waals surface area contributed by atoms with Crippen LogP contribution in [0.2, 0.25) is 0 Å². The minimum atomic E-state index is -3.32. The Bertz CT molecular complexity index is 511. The van der Waals surface area contributed by atoms with E-state index in [1.807, 2.05) is 0 Å². The Balaban J connectivity index is 1.96. The second-order valence-electron chi connectivity index (χ2n) is 4.33. The fourth-order valence-electron chi connectivity index (χ4n) is 2.08. The molecule has 1 amide bonds. The second kappa shape index (κ2) is 5.07. The molecule has 2 rings (SSSR count). The number of rotatable bonds is 4. The number of carbonyl (C=O) groups is 1. The van der Waals surface area contributed by atoms with E-state index in [1.165, 1.54) is 4.31 Å². The molecule has 0 radical (unpaired) electrons. The second-order valence-corrected chi connectivity index (χ2v) is 6.27. The van der Waals surface area contributed by atoms with Gasteiger partial charge in [0.05, 0.1) is 18.5 Å². The lowest BCUT2D eigenvalue weighted by atomic mass is 10.2. The van der Waals surface area contributed by atoms with Crippen molar-refractivity contribution in [1.29, 1.82) is 0 Å². The minimum absolute atomic E-state index is 0.257. The summed E-state index contributed by atoms with van der Waals surface area (Å²) in [6.45, 7) is 0.744. The summed E-state index contributed by atoms with van der Waals surface area (Å²) in [5, 5.41) is 9.21. The van der Waals surface area contributed by atoms with Gasteiger partial charge in [-0.05, 0) is 18.9 Å². The van der Waals surface area contributed by atoms with Crippen molar-refractivity contribution >= 4 is 15.9 Å². The summed E-state index contributed by atoms with van der Waals surface area (Å²) in [4.78, 5) is 11.9. The number of aromatic amines is 1. The van der Waals surface area contributed by atoms with Crippen molar-refractivity contribution in [3.8, 4) is 0 Å². The van der Waals surface area contributed by atoms with Crippen LogP contribution in [0, 0.1) is 0 Å². The first-order valence-electron chi connectivity index (χ1n) is 5.71. The van der Waals surface area contributed by atoms with Crippen molar-refractivity contribution < 1.29 is 13.2 Å². The van der Waals surface area contributed by atoms with Gasteiger partial charge in [0.15, 0.2) is 0 Å². The zero-order valence-electron chi connectivity index (χ0n) is 10.1. The normalized spacial score (nSPS) is 21.1. The number of sulfonamides is 1. The van der Waals surface area contributed by atoms with Crippen molar-refractivity contribution in [3.05, 3.63) is 18.0 Å². The lowest BCUT2D eigenvalue weighted by Gasteiger charge is -2.21. The molecular weight excluding hydrogens is 256 g/mol. The lowest BCUT2D eigenvalue weighted by Crippen LogP contribution is -2.45. The van der Waals surface area contributed by atoms with Gasteiger partial charge in [0.2, 0.25) is 15.9 Å². The van der Waals surface area contributed by atoms with Crippen LogP contribution in [0.15, 0.2) is 12.3 Å². The van der Waals surface area contributed by atoms with Crippen LogP contribution < -0.4 is 5.32 Å². The summed E-state index contributed by atoms with van der Waals surface area (Å²) >= 11 is 0. The molecule has 0 aromatic carbocycles. The van der Waals surface area contributed by atoms with Gasteiger partial charge in [-0.1, -0.05) is 0 Å². The van der Waals surface area contributed by atoms with Crippen LogP contribution in [0.25, 0.3) is 0 Å². The third-order valence-electron chi connectivity index (χ3n) is 2.94. The summed E-state index contributed by atoms with van der Waals surface area (Å²) in [5.41, 5.74) is 0.784. The maximum absolute atomic E-state index is 11.9. The maximum Gasteiger partial charge on any atom is 0.238 e. The van der Waals surface area contributed by atoms with Gasteiger partial charge >= 0.3 is 0 Å². The van der Waals surface area contributed by atoms with Gasteiger partial charge in [0.25, 0.3) is 0 Å². The van der Waals surface area contributed by atoms with Gasteiger partial charge in [-0.2, -0.15) is 9.40 Å². The molecule has 8 heteroatoms. The standard InChI is InChI=1S/C10H16N4O3S/c1-18(16,17)14-6-2-3-9(14)10(15)11-7-8-4-5-12-13-8/h4-5,9H,2-3,6-7H2,1H3,(H,11,15)(H,12,13). The number of hydrogen-bond acceptors (Lipinski definition) is 4. The highest BCUT2D eigenvalue weighted by molar-refractivity contribution is 7.88. The predicted octanol–water partition coefficient (Wildman–Crippen LogP) is -0.550. The summed E-state index contributed by atoms with van der Waals surface area (Å²) in [6, 6.07) is 1.17. The van der Waals surface area contributed by atoms with Gasteiger partial charge in [0, 0.05) is 12.7 Å². The molecule has 0 aliphatic carbocycles. The van der Waals surface area contributed by atoms with E-state index in [4.69, 9.17) is 0 Å². The molecule has 1 saturated heterocycles. The molecule has 1 atom stereocenters. The van der Waals surface area contributed by atoms with E-state index in [1.54, 1.807) is 12.3 Å². The van der Waals surface area contributed by atoms with Gasteiger partial charge < -0.3 is 5.32 Å². The summed E-state index contributed by atoms with van der Waals surface area (Å²) in [6.07, 6.45) is 4.02. The van der Waals surface area contributed by atoms with Crippen LogP contribution in [-0.2, 0) is 21.4 Å². The number of nitrogens with one attached hydrogen (secondary N) is 2. The smallest absolute Gasteiger partial charge is 0.238 e. The first-order chi connectivity index (χ1) is 8.48. The maximum atomic E-state index is 11.9. The molecular formula is C10H16N4O3S. The highest BCUT2D eigenvalue weighted by Gasteiger charge is 2.36. The molecule has 1 aliphatic heterocycles. The lowest BCUT2D eigenvalue weighted by molar-refractivity contribution is -0.124. The van der Waals surface area contributed by atoms with Gasteiger partial charge in [-0.3, -0.25) is 9.89 Å². The van der Waals surface area contributed by atoms with E-state index in [0.29, 0.717) is 19.5 Å². The van der Waals surface area contributed by atoms with Crippen LogP contribution in [0.4, 0.5) is 0 Å². The number of nitrogens with zero attached hydrogens (tertiary/aromatic N) is 2. The fourth-order valence-corrected chi connectivity index (χ4v) is 3.21. The third-order valence-corrected chi connectivity index (χ3v) is 4.23. The monoisotopic (exact) mass is 272 g/mol. The molecule has 0 spiro atoms. The van der Waals surface area contributed by atoms with Crippen molar-refractivity contribution in [1.82, 2.24) is 19.8 Å². The molecule has 1 unspecified atom stereocenters. The Hall–Kier alpha value is -1.41. The molecule has 1 aromatic rings. The molecule has 7 nitrogen and oxygen atoms in total. The van der Waals surface area contributed by atoms with Gasteiger partial charge in [0.1, 0.15) is 6.04 Å². The number of amides is 1. The van der Waals surface area contributed by atoms with Crippen molar-refractivity contribution in [3.63, 3.8) is 0 Å². The van der Waals surface area contributed by atoms with Gasteiger partial charge in [-0.15, -0.1) is 0 Å². The first-order valence-corrected chi connectivity index (χ1v) is 7.56. The summed E-state index contributed by atoms with van der Waals surface area (Å²) in [7, 11) is -3.32. The van der Waals surface area contributed by atoms with Crippen LogP contribution in [0.5, 0.6) is 0 Å². The molecule has 1 aromatic heterocycles. The fraction of sp³-hybridized carbons (Fsp3) is 0.600. The largest absolute Gasteiger partial charge is 0.349 e. The Labute approximate surface area is 106 Å². The molecule has 0 saturated carbocycles. The highest BCUT2D eigenvalue weighted by Crippen LogP contribution is 2.20. The van der Waals surface area contributed by atoms with Crippen molar-refractivity contribution in [2.75, 3.05) is 12.8 Å². The molecule has 100 valence electrons. The SMILES string of the molecule is CS(=O)(=O)N1CCCC1C(=O)NCc1ccn[nH]1. The molecule has 0 bridgehead atoms. The van der Waals surface area contributed by atoms with Crippen LogP contribution in [0.3, 0.4) is 0 Å². The molecule has 2 heterocycles.